The number of amides is 1. The molecule has 23 heavy (non-hydrogen) atoms. The number of rotatable bonds is 5. The van der Waals surface area contributed by atoms with Crippen molar-refractivity contribution in [3.63, 3.8) is 0 Å². The molecular formula is C12H14N6O5. The highest BCUT2D eigenvalue weighted by Gasteiger charge is 2.27. The molecule has 0 radical (unpaired) electrons. The van der Waals surface area contributed by atoms with Gasteiger partial charge in [0.05, 0.1) is 23.9 Å². The van der Waals surface area contributed by atoms with Gasteiger partial charge in [0.25, 0.3) is 5.91 Å². The van der Waals surface area contributed by atoms with Crippen molar-refractivity contribution in [1.29, 1.82) is 0 Å². The average molecular weight is 322 g/mol. The summed E-state index contributed by atoms with van der Waals surface area (Å²) in [6.45, 7) is 2.10. The third-order valence-electron chi connectivity index (χ3n) is 3.04. The van der Waals surface area contributed by atoms with E-state index in [9.17, 15) is 19.7 Å². The maximum atomic E-state index is 12.3. The second kappa shape index (κ2) is 6.25. The summed E-state index contributed by atoms with van der Waals surface area (Å²) in [6, 6.07) is 0. The van der Waals surface area contributed by atoms with Crippen LogP contribution < -0.4 is 5.32 Å². The average Bonchev–Trinajstić information content (AvgIpc) is 3.10. The van der Waals surface area contributed by atoms with Gasteiger partial charge in [-0.3, -0.25) is 24.3 Å². The summed E-state index contributed by atoms with van der Waals surface area (Å²) in [5.74, 6) is -1.52. The maximum Gasteiger partial charge on any atom is 0.358 e. The van der Waals surface area contributed by atoms with Crippen LogP contribution in [0.2, 0.25) is 0 Å². The van der Waals surface area contributed by atoms with E-state index >= 15 is 0 Å². The fourth-order valence-corrected chi connectivity index (χ4v) is 1.92. The lowest BCUT2D eigenvalue weighted by molar-refractivity contribution is -0.385. The summed E-state index contributed by atoms with van der Waals surface area (Å²) in [6.07, 6.45) is 2.41. The number of ether oxygens (including phenoxy) is 1. The maximum absolute atomic E-state index is 12.3. The third-order valence-corrected chi connectivity index (χ3v) is 3.04. The Morgan fingerprint density at radius 3 is 2.74 bits per heavy atom. The fraction of sp³-hybridized carbons (Fsp3) is 0.333. The number of esters is 1. The third kappa shape index (κ3) is 3.02. The van der Waals surface area contributed by atoms with Crippen molar-refractivity contribution >= 4 is 23.3 Å². The summed E-state index contributed by atoms with van der Waals surface area (Å²) in [7, 11) is 2.69. The highest BCUT2D eigenvalue weighted by Crippen LogP contribution is 2.20. The Balaban J connectivity index is 2.35. The molecule has 0 saturated carbocycles. The second-order valence-electron chi connectivity index (χ2n) is 4.45. The zero-order valence-corrected chi connectivity index (χ0v) is 12.6. The lowest BCUT2D eigenvalue weighted by Gasteiger charge is -2.04. The number of methoxy groups -OCH3 is 1. The lowest BCUT2D eigenvalue weighted by atomic mass is 10.3. The Kier molecular flexibility index (Phi) is 4.39. The Hall–Kier alpha value is -3.24. The minimum Gasteiger partial charge on any atom is -0.464 e. The van der Waals surface area contributed by atoms with E-state index < -0.39 is 22.5 Å². The molecule has 2 heterocycles. The molecule has 11 nitrogen and oxygen atoms in total. The topological polar surface area (TPSA) is 134 Å². The van der Waals surface area contributed by atoms with Crippen LogP contribution in [0.15, 0.2) is 12.4 Å². The van der Waals surface area contributed by atoms with E-state index in [2.05, 4.69) is 20.3 Å². The molecule has 2 rings (SSSR count). The number of nitrogens with one attached hydrogen (secondary N) is 1. The predicted molar refractivity (Wildman–Crippen MR) is 77.1 cm³/mol. The summed E-state index contributed by atoms with van der Waals surface area (Å²) in [5.41, 5.74) is -0.687. The van der Waals surface area contributed by atoms with Crippen LogP contribution in [0.3, 0.4) is 0 Å². The highest BCUT2D eigenvalue weighted by atomic mass is 16.6. The molecule has 0 bridgehead atoms. The summed E-state index contributed by atoms with van der Waals surface area (Å²) in [4.78, 5) is 34.3. The SMILES string of the molecule is CCn1cc([N+](=O)[O-])c(C(=O)Nc2cnn(C)c2C(=O)OC)n1. The van der Waals surface area contributed by atoms with E-state index in [1.54, 1.807) is 6.92 Å². The lowest BCUT2D eigenvalue weighted by Crippen LogP contribution is -2.18. The Labute approximate surface area is 130 Å². The zero-order chi connectivity index (χ0) is 17.1. The van der Waals surface area contributed by atoms with Crippen LogP contribution in [0.1, 0.15) is 27.9 Å². The minimum absolute atomic E-state index is 0.0124. The van der Waals surface area contributed by atoms with Crippen LogP contribution in [-0.4, -0.2) is 43.5 Å². The minimum atomic E-state index is -0.818. The molecule has 122 valence electrons. The molecule has 2 aromatic rings. The van der Waals surface area contributed by atoms with Crippen molar-refractivity contribution in [2.45, 2.75) is 13.5 Å². The number of hydrogen-bond donors (Lipinski definition) is 1. The molecule has 0 aromatic carbocycles. The number of nitrogens with zero attached hydrogens (tertiary/aromatic N) is 5. The van der Waals surface area contributed by atoms with E-state index in [1.165, 1.54) is 35.9 Å². The smallest absolute Gasteiger partial charge is 0.358 e. The molecule has 1 N–H and O–H groups in total. The number of hydrogen-bond acceptors (Lipinski definition) is 7. The van der Waals surface area contributed by atoms with Gasteiger partial charge in [0.1, 0.15) is 6.20 Å². The quantitative estimate of drug-likeness (QED) is 0.483. The van der Waals surface area contributed by atoms with E-state index in [0.29, 0.717) is 6.54 Å². The monoisotopic (exact) mass is 322 g/mol. The fourth-order valence-electron chi connectivity index (χ4n) is 1.92. The van der Waals surface area contributed by atoms with Crippen molar-refractivity contribution in [1.82, 2.24) is 19.6 Å². The molecular weight excluding hydrogens is 308 g/mol. The van der Waals surface area contributed by atoms with Crippen LogP contribution >= 0.6 is 0 Å². The first-order valence-electron chi connectivity index (χ1n) is 6.52. The molecule has 0 unspecified atom stereocenters. The second-order valence-corrected chi connectivity index (χ2v) is 4.45. The van der Waals surface area contributed by atoms with E-state index in [-0.39, 0.29) is 17.1 Å². The molecule has 0 aliphatic heterocycles. The van der Waals surface area contributed by atoms with Crippen LogP contribution in [0.5, 0.6) is 0 Å². The van der Waals surface area contributed by atoms with Gasteiger partial charge in [0.15, 0.2) is 5.69 Å². The van der Waals surface area contributed by atoms with Crippen molar-refractivity contribution in [2.24, 2.45) is 7.05 Å². The normalized spacial score (nSPS) is 10.4. The summed E-state index contributed by atoms with van der Waals surface area (Å²) < 4.78 is 7.11. The summed E-state index contributed by atoms with van der Waals surface area (Å²) in [5, 5.41) is 21.1. The molecule has 1 amide bonds. The molecule has 0 aliphatic carbocycles. The number of aryl methyl sites for hydroxylation is 2. The first-order chi connectivity index (χ1) is 10.9. The van der Waals surface area contributed by atoms with Gasteiger partial charge in [-0.2, -0.15) is 10.2 Å². The summed E-state index contributed by atoms with van der Waals surface area (Å²) >= 11 is 0. The van der Waals surface area contributed by atoms with Crippen molar-refractivity contribution in [3.8, 4) is 0 Å². The van der Waals surface area contributed by atoms with E-state index in [1.807, 2.05) is 0 Å². The van der Waals surface area contributed by atoms with Gasteiger partial charge in [-0.25, -0.2) is 4.79 Å². The van der Waals surface area contributed by atoms with E-state index in [4.69, 9.17) is 0 Å². The first kappa shape index (κ1) is 16.1. The number of nitro groups is 1. The standard InChI is InChI=1S/C12H14N6O5/c1-4-17-6-8(18(21)22)9(15-17)11(19)14-7-5-13-16(2)10(7)12(20)23-3/h5-6H,4H2,1-3H3,(H,14,19). The van der Waals surface area contributed by atoms with Crippen molar-refractivity contribution < 1.29 is 19.2 Å². The van der Waals surface area contributed by atoms with Gasteiger partial charge in [0, 0.05) is 13.6 Å². The number of aromatic nitrogens is 4. The van der Waals surface area contributed by atoms with Gasteiger partial charge in [-0.05, 0) is 6.92 Å². The van der Waals surface area contributed by atoms with Gasteiger partial charge in [-0.1, -0.05) is 0 Å². The van der Waals surface area contributed by atoms with Gasteiger partial charge in [-0.15, -0.1) is 0 Å². The van der Waals surface area contributed by atoms with Gasteiger partial charge in [0.2, 0.25) is 5.69 Å². The number of carbonyl (C=O) groups excluding carboxylic acids is 2. The Bertz CT molecular complexity index is 777. The zero-order valence-electron chi connectivity index (χ0n) is 12.6. The predicted octanol–water partition coefficient (Wildman–Crippen LogP) is 0.584. The molecule has 0 aliphatic rings. The van der Waals surface area contributed by atoms with Crippen LogP contribution in [-0.2, 0) is 18.3 Å². The number of carbonyl (C=O) groups is 2. The first-order valence-corrected chi connectivity index (χ1v) is 6.52. The Morgan fingerprint density at radius 1 is 1.48 bits per heavy atom. The van der Waals surface area contributed by atoms with Gasteiger partial charge >= 0.3 is 11.7 Å². The largest absolute Gasteiger partial charge is 0.464 e. The van der Waals surface area contributed by atoms with Crippen molar-refractivity contribution in [2.75, 3.05) is 12.4 Å². The van der Waals surface area contributed by atoms with Crippen LogP contribution in [0.25, 0.3) is 0 Å². The molecule has 11 heteroatoms. The Morgan fingerprint density at radius 2 is 2.17 bits per heavy atom. The molecule has 2 aromatic heterocycles. The number of anilines is 1. The van der Waals surface area contributed by atoms with Crippen LogP contribution in [0, 0.1) is 10.1 Å². The van der Waals surface area contributed by atoms with Gasteiger partial charge < -0.3 is 10.1 Å². The van der Waals surface area contributed by atoms with E-state index in [0.717, 1.165) is 0 Å². The molecule has 0 atom stereocenters. The molecule has 0 spiro atoms. The molecule has 0 saturated heterocycles. The van der Waals surface area contributed by atoms with Crippen LogP contribution in [0.4, 0.5) is 11.4 Å². The highest BCUT2D eigenvalue weighted by molar-refractivity contribution is 6.08. The van der Waals surface area contributed by atoms with Crippen molar-refractivity contribution in [3.05, 3.63) is 33.9 Å². The molecule has 0 fully saturated rings.